The number of hydrogen-bond donors (Lipinski definition) is 2. The van der Waals surface area contributed by atoms with Gasteiger partial charge in [0.1, 0.15) is 6.26 Å². The summed E-state index contributed by atoms with van der Waals surface area (Å²) in [6.07, 6.45) is 1.74. The third-order valence-electron chi connectivity index (χ3n) is 2.71. The van der Waals surface area contributed by atoms with E-state index in [1.165, 1.54) is 6.07 Å². The third kappa shape index (κ3) is 3.24. The lowest BCUT2D eigenvalue weighted by Gasteiger charge is -2.01. The Hall–Kier alpha value is -2.15. The standard InChI is InChI=1S/C13H14N2O4S/c1-7-11(20-8(2)15-7)3-4-14-12(16)10-5-9(6-19-10)13(17)18/h5-6H,3-4H2,1-2H3,(H,14,16)(H,17,18). The molecule has 1 amide bonds. The van der Waals surface area contributed by atoms with Crippen LogP contribution in [0.3, 0.4) is 0 Å². The summed E-state index contributed by atoms with van der Waals surface area (Å²) in [4.78, 5) is 27.9. The first kappa shape index (κ1) is 14.3. The molecule has 20 heavy (non-hydrogen) atoms. The first-order valence-corrected chi connectivity index (χ1v) is 6.82. The number of carboxylic acid groups (broad SMARTS) is 1. The first-order chi connectivity index (χ1) is 9.47. The van der Waals surface area contributed by atoms with E-state index >= 15 is 0 Å². The van der Waals surface area contributed by atoms with Gasteiger partial charge in [-0.15, -0.1) is 11.3 Å². The minimum Gasteiger partial charge on any atom is -0.478 e. The molecule has 0 bridgehead atoms. The van der Waals surface area contributed by atoms with Crippen molar-refractivity contribution in [2.45, 2.75) is 20.3 Å². The van der Waals surface area contributed by atoms with E-state index < -0.39 is 11.9 Å². The molecule has 2 N–H and O–H groups in total. The number of hydrogen-bond acceptors (Lipinski definition) is 5. The highest BCUT2D eigenvalue weighted by Crippen LogP contribution is 2.17. The lowest BCUT2D eigenvalue weighted by Crippen LogP contribution is -2.25. The molecule has 0 fully saturated rings. The van der Waals surface area contributed by atoms with Crippen molar-refractivity contribution in [1.29, 1.82) is 0 Å². The molecule has 0 saturated carbocycles. The van der Waals surface area contributed by atoms with Crippen LogP contribution in [0.15, 0.2) is 16.7 Å². The number of carboxylic acids is 1. The zero-order valence-corrected chi connectivity index (χ0v) is 11.9. The average molecular weight is 294 g/mol. The molecule has 7 heteroatoms. The summed E-state index contributed by atoms with van der Waals surface area (Å²) in [5.74, 6) is -1.54. The van der Waals surface area contributed by atoms with E-state index in [1.54, 1.807) is 11.3 Å². The highest BCUT2D eigenvalue weighted by Gasteiger charge is 2.14. The molecular formula is C13H14N2O4S. The normalized spacial score (nSPS) is 10.5. The zero-order valence-electron chi connectivity index (χ0n) is 11.1. The Morgan fingerprint density at radius 2 is 2.20 bits per heavy atom. The van der Waals surface area contributed by atoms with Crippen LogP contribution in [0.1, 0.15) is 36.5 Å². The van der Waals surface area contributed by atoms with Crippen molar-refractivity contribution in [3.63, 3.8) is 0 Å². The number of rotatable bonds is 5. The van der Waals surface area contributed by atoms with E-state index in [1.807, 2.05) is 13.8 Å². The number of furan rings is 1. The second kappa shape index (κ2) is 5.87. The zero-order chi connectivity index (χ0) is 14.7. The van der Waals surface area contributed by atoms with Crippen molar-refractivity contribution in [3.8, 4) is 0 Å². The minimum atomic E-state index is -1.12. The third-order valence-corrected chi connectivity index (χ3v) is 3.84. The monoisotopic (exact) mass is 294 g/mol. The van der Waals surface area contributed by atoms with E-state index in [2.05, 4.69) is 10.3 Å². The molecule has 0 aliphatic carbocycles. The smallest absolute Gasteiger partial charge is 0.338 e. The van der Waals surface area contributed by atoms with E-state index in [0.29, 0.717) is 13.0 Å². The molecule has 0 saturated heterocycles. The fourth-order valence-corrected chi connectivity index (χ4v) is 2.69. The molecule has 0 atom stereocenters. The highest BCUT2D eigenvalue weighted by molar-refractivity contribution is 7.11. The van der Waals surface area contributed by atoms with Crippen molar-refractivity contribution in [3.05, 3.63) is 39.2 Å². The van der Waals surface area contributed by atoms with Crippen LogP contribution in [0.4, 0.5) is 0 Å². The van der Waals surface area contributed by atoms with Crippen molar-refractivity contribution in [2.24, 2.45) is 0 Å². The number of amides is 1. The number of aromatic nitrogens is 1. The van der Waals surface area contributed by atoms with Crippen molar-refractivity contribution in [1.82, 2.24) is 10.3 Å². The van der Waals surface area contributed by atoms with Crippen LogP contribution in [-0.4, -0.2) is 28.5 Å². The van der Waals surface area contributed by atoms with Gasteiger partial charge in [-0.05, 0) is 13.8 Å². The second-order valence-electron chi connectivity index (χ2n) is 4.25. The SMILES string of the molecule is Cc1nc(C)c(CCNC(=O)c2cc(C(=O)O)co2)s1. The highest BCUT2D eigenvalue weighted by atomic mass is 32.1. The van der Waals surface area contributed by atoms with Gasteiger partial charge in [0.05, 0.1) is 16.3 Å². The van der Waals surface area contributed by atoms with Crippen molar-refractivity contribution >= 4 is 23.2 Å². The molecular weight excluding hydrogens is 280 g/mol. The summed E-state index contributed by atoms with van der Waals surface area (Å²) in [7, 11) is 0. The molecule has 0 aliphatic heterocycles. The Morgan fingerprint density at radius 3 is 2.75 bits per heavy atom. The summed E-state index contributed by atoms with van der Waals surface area (Å²) in [6.45, 7) is 4.33. The molecule has 2 rings (SSSR count). The summed E-state index contributed by atoms with van der Waals surface area (Å²) >= 11 is 1.61. The van der Waals surface area contributed by atoms with Gasteiger partial charge in [0.2, 0.25) is 0 Å². The molecule has 6 nitrogen and oxygen atoms in total. The topological polar surface area (TPSA) is 92.4 Å². The molecule has 0 radical (unpaired) electrons. The van der Waals surface area contributed by atoms with Crippen molar-refractivity contribution < 1.29 is 19.1 Å². The van der Waals surface area contributed by atoms with E-state index in [9.17, 15) is 9.59 Å². The van der Waals surface area contributed by atoms with Gasteiger partial charge < -0.3 is 14.8 Å². The van der Waals surface area contributed by atoms with Crippen LogP contribution in [-0.2, 0) is 6.42 Å². The number of nitrogens with zero attached hydrogens (tertiary/aromatic N) is 1. The van der Waals surface area contributed by atoms with Crippen LogP contribution >= 0.6 is 11.3 Å². The lowest BCUT2D eigenvalue weighted by molar-refractivity contribution is 0.0696. The molecule has 2 aromatic heterocycles. The van der Waals surface area contributed by atoms with E-state index in [-0.39, 0.29) is 11.3 Å². The van der Waals surface area contributed by atoms with Crippen LogP contribution in [0.5, 0.6) is 0 Å². The van der Waals surface area contributed by atoms with Gasteiger partial charge in [0.15, 0.2) is 5.76 Å². The van der Waals surface area contributed by atoms with Gasteiger partial charge in [-0.2, -0.15) is 0 Å². The van der Waals surface area contributed by atoms with Crippen LogP contribution in [0, 0.1) is 13.8 Å². The second-order valence-corrected chi connectivity index (χ2v) is 5.54. The summed E-state index contributed by atoms with van der Waals surface area (Å²) in [5, 5.41) is 12.4. The van der Waals surface area contributed by atoms with E-state index in [0.717, 1.165) is 21.8 Å². The van der Waals surface area contributed by atoms with Gasteiger partial charge >= 0.3 is 5.97 Å². The number of aryl methyl sites for hydroxylation is 2. The van der Waals surface area contributed by atoms with Gasteiger partial charge in [-0.25, -0.2) is 9.78 Å². The number of nitrogens with one attached hydrogen (secondary N) is 1. The van der Waals surface area contributed by atoms with Gasteiger partial charge in [0, 0.05) is 23.9 Å². The molecule has 0 aromatic carbocycles. The van der Waals surface area contributed by atoms with Crippen LogP contribution in [0.25, 0.3) is 0 Å². The van der Waals surface area contributed by atoms with Gasteiger partial charge in [-0.3, -0.25) is 4.79 Å². The quantitative estimate of drug-likeness (QED) is 0.880. The van der Waals surface area contributed by atoms with Gasteiger partial charge in [-0.1, -0.05) is 0 Å². The molecule has 2 heterocycles. The Labute approximate surface area is 119 Å². The average Bonchev–Trinajstić information content (AvgIpc) is 2.97. The fraction of sp³-hybridized carbons (Fsp3) is 0.308. The maximum absolute atomic E-state index is 11.8. The minimum absolute atomic E-state index is 0.000364. The van der Waals surface area contributed by atoms with E-state index in [4.69, 9.17) is 9.52 Å². The predicted octanol–water partition coefficient (Wildman–Crippen LogP) is 2.02. The summed E-state index contributed by atoms with van der Waals surface area (Å²) in [6, 6.07) is 1.21. The van der Waals surface area contributed by atoms with Crippen LogP contribution < -0.4 is 5.32 Å². The number of thiazole rings is 1. The van der Waals surface area contributed by atoms with Crippen LogP contribution in [0.2, 0.25) is 0 Å². The first-order valence-electron chi connectivity index (χ1n) is 6.00. The Kier molecular flexibility index (Phi) is 4.19. The maximum atomic E-state index is 11.8. The largest absolute Gasteiger partial charge is 0.478 e. The number of aromatic carboxylic acids is 1. The van der Waals surface area contributed by atoms with Crippen molar-refractivity contribution in [2.75, 3.05) is 6.54 Å². The van der Waals surface area contributed by atoms with Gasteiger partial charge in [0.25, 0.3) is 5.91 Å². The Balaban J connectivity index is 1.88. The molecule has 2 aromatic rings. The fourth-order valence-electron chi connectivity index (χ4n) is 1.75. The summed E-state index contributed by atoms with van der Waals surface area (Å²) < 4.78 is 4.92. The molecule has 0 unspecified atom stereocenters. The molecule has 0 aliphatic rings. The number of carbonyl (C=O) groups excluding carboxylic acids is 1. The lowest BCUT2D eigenvalue weighted by atomic mass is 10.3. The number of carbonyl (C=O) groups is 2. The maximum Gasteiger partial charge on any atom is 0.338 e. The predicted molar refractivity (Wildman–Crippen MR) is 73.3 cm³/mol. The molecule has 106 valence electrons. The Morgan fingerprint density at radius 1 is 1.45 bits per heavy atom. The Bertz CT molecular complexity index is 645. The molecule has 0 spiro atoms. The summed E-state index contributed by atoms with van der Waals surface area (Å²) in [5.41, 5.74) is 0.942.